The standard InChI is InChI=1S/C8H11NO6S/c9-16(14,15)8(7(12)13)2-1-3-4(5(3)8)6(10)11/h3-5H,1-2H2,(H,10,11)(H,12,13)(H2,9,14,15)/t3-,4+,5+,8+/m1/s1. The molecule has 0 aliphatic heterocycles. The van der Waals surface area contributed by atoms with Gasteiger partial charge in [0.05, 0.1) is 5.92 Å². The minimum absolute atomic E-state index is 0.0969. The van der Waals surface area contributed by atoms with Crippen molar-refractivity contribution in [3.63, 3.8) is 0 Å². The van der Waals surface area contributed by atoms with Gasteiger partial charge in [-0.15, -0.1) is 0 Å². The van der Waals surface area contributed by atoms with Crippen molar-refractivity contribution in [1.82, 2.24) is 0 Å². The third-order valence-electron chi connectivity index (χ3n) is 3.71. The van der Waals surface area contributed by atoms with Gasteiger partial charge in [0.2, 0.25) is 10.0 Å². The predicted octanol–water partition coefficient (Wildman–Crippen LogP) is -1.16. The van der Waals surface area contributed by atoms with Crippen LogP contribution in [0, 0.1) is 17.8 Å². The van der Waals surface area contributed by atoms with Crippen LogP contribution in [0.1, 0.15) is 12.8 Å². The first-order valence-electron chi connectivity index (χ1n) is 4.72. The Balaban J connectivity index is 2.46. The number of carboxylic acids is 2. The smallest absolute Gasteiger partial charge is 0.326 e. The van der Waals surface area contributed by atoms with Gasteiger partial charge in [0.15, 0.2) is 4.75 Å². The van der Waals surface area contributed by atoms with E-state index in [0.29, 0.717) is 0 Å². The summed E-state index contributed by atoms with van der Waals surface area (Å²) < 4.78 is 20.7. The van der Waals surface area contributed by atoms with Crippen LogP contribution in [0.2, 0.25) is 0 Å². The lowest BCUT2D eigenvalue weighted by atomic mass is 9.99. The minimum atomic E-state index is -4.30. The Hall–Kier alpha value is -1.15. The van der Waals surface area contributed by atoms with Gasteiger partial charge in [-0.3, -0.25) is 9.59 Å². The normalized spacial score (nSPS) is 41.4. The lowest BCUT2D eigenvalue weighted by Gasteiger charge is -2.24. The molecule has 2 saturated carbocycles. The van der Waals surface area contributed by atoms with Gasteiger partial charge in [-0.25, -0.2) is 13.6 Å². The zero-order valence-corrected chi connectivity index (χ0v) is 8.98. The number of primary sulfonamides is 1. The van der Waals surface area contributed by atoms with E-state index in [9.17, 15) is 18.0 Å². The van der Waals surface area contributed by atoms with Crippen molar-refractivity contribution in [2.24, 2.45) is 22.9 Å². The van der Waals surface area contributed by atoms with E-state index in [0.717, 1.165) is 0 Å². The number of fused-ring (bicyclic) bond motifs is 1. The average Bonchev–Trinajstić information content (AvgIpc) is 2.67. The molecule has 8 heteroatoms. The molecule has 0 saturated heterocycles. The van der Waals surface area contributed by atoms with E-state index in [1.165, 1.54) is 0 Å². The zero-order chi connectivity index (χ0) is 12.3. The number of hydrogen-bond acceptors (Lipinski definition) is 4. The molecule has 0 spiro atoms. The summed E-state index contributed by atoms with van der Waals surface area (Å²) in [5.41, 5.74) is 0. The Labute approximate surface area is 91.3 Å². The number of rotatable bonds is 3. The third-order valence-corrected chi connectivity index (χ3v) is 5.38. The van der Waals surface area contributed by atoms with Crippen molar-refractivity contribution in [3.05, 3.63) is 0 Å². The molecule has 4 N–H and O–H groups in total. The van der Waals surface area contributed by atoms with E-state index < -0.39 is 38.5 Å². The first-order valence-corrected chi connectivity index (χ1v) is 6.26. The summed E-state index contributed by atoms with van der Waals surface area (Å²) in [6.07, 6.45) is 0.185. The molecule has 0 unspecified atom stereocenters. The highest BCUT2D eigenvalue weighted by Crippen LogP contribution is 2.64. The Bertz CT molecular complexity index is 471. The summed E-state index contributed by atoms with van der Waals surface area (Å²) in [6, 6.07) is 0. The molecular weight excluding hydrogens is 238 g/mol. The van der Waals surface area contributed by atoms with Crippen molar-refractivity contribution in [3.8, 4) is 0 Å². The van der Waals surface area contributed by atoms with Crippen molar-refractivity contribution in [2.45, 2.75) is 17.6 Å². The van der Waals surface area contributed by atoms with Gasteiger partial charge >= 0.3 is 11.9 Å². The predicted molar refractivity (Wildman–Crippen MR) is 50.8 cm³/mol. The maximum Gasteiger partial charge on any atom is 0.326 e. The molecule has 90 valence electrons. The van der Waals surface area contributed by atoms with Crippen LogP contribution in [-0.2, 0) is 19.6 Å². The summed E-state index contributed by atoms with van der Waals surface area (Å²) in [5.74, 6) is -4.82. The molecule has 0 heterocycles. The number of hydrogen-bond donors (Lipinski definition) is 3. The van der Waals surface area contributed by atoms with Crippen molar-refractivity contribution in [2.75, 3.05) is 0 Å². The zero-order valence-electron chi connectivity index (χ0n) is 8.16. The molecule has 2 aliphatic carbocycles. The van der Waals surface area contributed by atoms with Crippen molar-refractivity contribution < 1.29 is 28.2 Å². The molecule has 7 nitrogen and oxygen atoms in total. The summed E-state index contributed by atoms with van der Waals surface area (Å²) in [6.45, 7) is 0. The van der Waals surface area contributed by atoms with Crippen LogP contribution in [0.25, 0.3) is 0 Å². The maximum atomic E-state index is 11.4. The van der Waals surface area contributed by atoms with Crippen LogP contribution < -0.4 is 5.14 Å². The van der Waals surface area contributed by atoms with Gasteiger partial charge in [0, 0.05) is 5.92 Å². The summed E-state index contributed by atoms with van der Waals surface area (Å²) in [7, 11) is -4.30. The molecule has 4 atom stereocenters. The van der Waals surface area contributed by atoms with E-state index in [2.05, 4.69) is 0 Å². The largest absolute Gasteiger partial charge is 0.481 e. The number of carbonyl (C=O) groups is 2. The first-order chi connectivity index (χ1) is 7.23. The summed E-state index contributed by atoms with van der Waals surface area (Å²) >= 11 is 0. The van der Waals surface area contributed by atoms with Gasteiger partial charge in [0.1, 0.15) is 0 Å². The van der Waals surface area contributed by atoms with E-state index in [1.54, 1.807) is 0 Å². The Kier molecular flexibility index (Phi) is 2.09. The van der Waals surface area contributed by atoms with Crippen molar-refractivity contribution in [1.29, 1.82) is 0 Å². The Morgan fingerprint density at radius 3 is 2.19 bits per heavy atom. The second-order valence-electron chi connectivity index (χ2n) is 4.33. The van der Waals surface area contributed by atoms with Crippen LogP contribution >= 0.6 is 0 Å². The third kappa shape index (κ3) is 1.14. The summed E-state index contributed by atoms with van der Waals surface area (Å²) in [4.78, 5) is 21.9. The highest BCUT2D eigenvalue weighted by molar-refractivity contribution is 7.91. The monoisotopic (exact) mass is 249 g/mol. The second-order valence-corrected chi connectivity index (χ2v) is 6.15. The highest BCUT2D eigenvalue weighted by Gasteiger charge is 2.75. The van der Waals surface area contributed by atoms with E-state index in [4.69, 9.17) is 15.4 Å². The average molecular weight is 249 g/mol. The lowest BCUT2D eigenvalue weighted by molar-refractivity contribution is -0.142. The van der Waals surface area contributed by atoms with E-state index in [1.807, 2.05) is 0 Å². The van der Waals surface area contributed by atoms with Crippen molar-refractivity contribution >= 4 is 22.0 Å². The van der Waals surface area contributed by atoms with Crippen LogP contribution in [0.3, 0.4) is 0 Å². The second kappa shape index (κ2) is 2.95. The minimum Gasteiger partial charge on any atom is -0.481 e. The SMILES string of the molecule is NS(=O)(=O)[C@@]1(C(=O)O)CC[C@@H]2[C@H](C(=O)O)[C@H]21. The molecular formula is C8H11NO6S. The number of aliphatic carboxylic acids is 2. The fourth-order valence-electron chi connectivity index (χ4n) is 2.96. The highest BCUT2D eigenvalue weighted by atomic mass is 32.2. The van der Waals surface area contributed by atoms with E-state index >= 15 is 0 Å². The molecule has 2 rings (SSSR count). The Morgan fingerprint density at radius 2 is 1.88 bits per heavy atom. The lowest BCUT2D eigenvalue weighted by Crippen LogP contribution is -2.51. The molecule has 0 amide bonds. The fraction of sp³-hybridized carbons (Fsp3) is 0.750. The van der Waals surface area contributed by atoms with Gasteiger partial charge in [-0.1, -0.05) is 0 Å². The van der Waals surface area contributed by atoms with Crippen LogP contribution in [0.5, 0.6) is 0 Å². The topological polar surface area (TPSA) is 135 Å². The van der Waals surface area contributed by atoms with Gasteiger partial charge in [-0.05, 0) is 18.8 Å². The molecule has 2 aliphatic rings. The Morgan fingerprint density at radius 1 is 1.31 bits per heavy atom. The first kappa shape index (κ1) is 11.3. The summed E-state index contributed by atoms with van der Waals surface area (Å²) in [5, 5.41) is 22.8. The molecule has 16 heavy (non-hydrogen) atoms. The van der Waals surface area contributed by atoms with Crippen LogP contribution in [0.15, 0.2) is 0 Å². The fourth-order valence-corrected chi connectivity index (χ4v) is 4.30. The van der Waals surface area contributed by atoms with Crippen LogP contribution in [0.4, 0.5) is 0 Å². The molecule has 2 fully saturated rings. The van der Waals surface area contributed by atoms with E-state index in [-0.39, 0.29) is 18.8 Å². The number of nitrogens with two attached hydrogens (primary N) is 1. The molecule has 0 radical (unpaired) electrons. The van der Waals surface area contributed by atoms with Gasteiger partial charge in [-0.2, -0.15) is 0 Å². The molecule has 0 aromatic carbocycles. The molecule has 0 aromatic heterocycles. The molecule has 0 bridgehead atoms. The quantitative estimate of drug-likeness (QED) is 0.577. The van der Waals surface area contributed by atoms with Gasteiger partial charge in [0.25, 0.3) is 0 Å². The maximum absolute atomic E-state index is 11.4. The van der Waals surface area contributed by atoms with Gasteiger partial charge < -0.3 is 10.2 Å². The number of sulfonamides is 1. The molecule has 0 aromatic rings. The number of carboxylic acid groups (broad SMARTS) is 2. The van der Waals surface area contributed by atoms with Crippen LogP contribution in [-0.4, -0.2) is 35.3 Å².